The summed E-state index contributed by atoms with van der Waals surface area (Å²) in [4.78, 5) is 14.8. The quantitative estimate of drug-likeness (QED) is 0.937. The third kappa shape index (κ3) is 2.64. The number of benzene rings is 1. The third-order valence-corrected chi connectivity index (χ3v) is 5.20. The van der Waals surface area contributed by atoms with Crippen LogP contribution in [-0.2, 0) is 16.1 Å². The van der Waals surface area contributed by atoms with Crippen molar-refractivity contribution in [1.82, 2.24) is 9.47 Å². The predicted molar refractivity (Wildman–Crippen MR) is 87.0 cm³/mol. The van der Waals surface area contributed by atoms with Gasteiger partial charge in [-0.1, -0.05) is 18.2 Å². The van der Waals surface area contributed by atoms with E-state index in [0.717, 1.165) is 23.7 Å². The number of aliphatic hydroxyl groups excluding tert-OH is 1. The number of carbonyl (C=O) groups excluding carboxylic acids is 1. The Bertz CT molecular complexity index is 711. The Balaban J connectivity index is 1.52. The van der Waals surface area contributed by atoms with Gasteiger partial charge in [0.1, 0.15) is 6.54 Å². The molecule has 1 N–H and O–H groups in total. The van der Waals surface area contributed by atoms with Crippen molar-refractivity contribution in [3.8, 4) is 0 Å². The van der Waals surface area contributed by atoms with E-state index < -0.39 is 0 Å². The highest BCUT2D eigenvalue weighted by Crippen LogP contribution is 2.34. The van der Waals surface area contributed by atoms with Crippen molar-refractivity contribution in [3.05, 3.63) is 36.5 Å². The molecular formula is C18H22N2O3. The molecule has 3 atom stereocenters. The fourth-order valence-corrected chi connectivity index (χ4v) is 4.02. The Morgan fingerprint density at radius 3 is 3.00 bits per heavy atom. The maximum absolute atomic E-state index is 12.8. The topological polar surface area (TPSA) is 54.7 Å². The number of morpholine rings is 1. The number of fused-ring (bicyclic) bond motifs is 2. The zero-order valence-corrected chi connectivity index (χ0v) is 13.1. The lowest BCUT2D eigenvalue weighted by Gasteiger charge is -2.37. The van der Waals surface area contributed by atoms with Gasteiger partial charge >= 0.3 is 0 Å². The molecule has 1 aromatic carbocycles. The van der Waals surface area contributed by atoms with Crippen LogP contribution in [0.25, 0.3) is 10.9 Å². The van der Waals surface area contributed by atoms with Crippen molar-refractivity contribution in [2.75, 3.05) is 19.8 Å². The number of rotatable bonds is 3. The Morgan fingerprint density at radius 1 is 1.26 bits per heavy atom. The van der Waals surface area contributed by atoms with Gasteiger partial charge in [0.25, 0.3) is 0 Å². The molecule has 1 saturated carbocycles. The van der Waals surface area contributed by atoms with Crippen LogP contribution in [0.5, 0.6) is 0 Å². The lowest BCUT2D eigenvalue weighted by Crippen LogP contribution is -2.52. The minimum absolute atomic E-state index is 0.0891. The number of aliphatic hydroxyl groups is 1. The molecule has 2 aliphatic rings. The first kappa shape index (κ1) is 14.7. The molecule has 5 nitrogen and oxygen atoms in total. The molecule has 1 saturated heterocycles. The van der Waals surface area contributed by atoms with Crippen LogP contribution in [0.3, 0.4) is 0 Å². The monoisotopic (exact) mass is 314 g/mol. The van der Waals surface area contributed by atoms with E-state index in [1.165, 1.54) is 0 Å². The minimum Gasteiger partial charge on any atom is -0.396 e. The number of nitrogens with zero attached hydrogens (tertiary/aromatic N) is 2. The van der Waals surface area contributed by atoms with Crippen molar-refractivity contribution in [2.24, 2.45) is 5.92 Å². The number of carbonyl (C=O) groups is 1. The molecule has 5 heteroatoms. The molecule has 1 aliphatic heterocycles. The zero-order chi connectivity index (χ0) is 15.8. The molecule has 1 amide bonds. The van der Waals surface area contributed by atoms with E-state index in [9.17, 15) is 9.90 Å². The van der Waals surface area contributed by atoms with Crippen LogP contribution >= 0.6 is 0 Å². The summed E-state index contributed by atoms with van der Waals surface area (Å²) in [5.74, 6) is 0.397. The molecule has 1 unspecified atom stereocenters. The molecule has 2 aromatic rings. The molecule has 2 fully saturated rings. The molecule has 23 heavy (non-hydrogen) atoms. The lowest BCUT2D eigenvalue weighted by atomic mass is 10.1. The zero-order valence-electron chi connectivity index (χ0n) is 13.1. The second kappa shape index (κ2) is 5.98. The highest BCUT2D eigenvalue weighted by atomic mass is 16.5. The van der Waals surface area contributed by atoms with E-state index in [1.807, 2.05) is 39.9 Å². The second-order valence-corrected chi connectivity index (χ2v) is 6.59. The van der Waals surface area contributed by atoms with Gasteiger partial charge in [-0.2, -0.15) is 0 Å². The Hall–Kier alpha value is -1.85. The smallest absolute Gasteiger partial charge is 0.242 e. The van der Waals surface area contributed by atoms with Crippen molar-refractivity contribution in [1.29, 1.82) is 0 Å². The number of amides is 1. The summed E-state index contributed by atoms with van der Waals surface area (Å²) in [5.41, 5.74) is 1.09. The third-order valence-electron chi connectivity index (χ3n) is 5.20. The van der Waals surface area contributed by atoms with Gasteiger partial charge in [-0.3, -0.25) is 4.79 Å². The fraction of sp³-hybridized carbons (Fsp3) is 0.500. The molecule has 0 bridgehead atoms. The molecule has 0 radical (unpaired) electrons. The van der Waals surface area contributed by atoms with E-state index in [1.54, 1.807) is 0 Å². The van der Waals surface area contributed by atoms with Crippen LogP contribution in [0, 0.1) is 5.92 Å². The first-order valence-electron chi connectivity index (χ1n) is 8.32. The maximum Gasteiger partial charge on any atom is 0.242 e. The predicted octanol–water partition coefficient (Wildman–Crippen LogP) is 1.64. The van der Waals surface area contributed by atoms with Gasteiger partial charge in [0, 0.05) is 24.9 Å². The summed E-state index contributed by atoms with van der Waals surface area (Å²) in [6, 6.07) is 10.3. The number of ether oxygens (including phenoxy) is 1. The summed E-state index contributed by atoms with van der Waals surface area (Å²) in [7, 11) is 0. The normalized spacial score (nSPS) is 27.3. The summed E-state index contributed by atoms with van der Waals surface area (Å²) >= 11 is 0. The molecule has 0 spiro atoms. The van der Waals surface area contributed by atoms with Crippen LogP contribution in [0.2, 0.25) is 0 Å². The Labute approximate surface area is 135 Å². The number of para-hydroxylation sites is 1. The number of aromatic nitrogens is 1. The summed E-state index contributed by atoms with van der Waals surface area (Å²) in [6.45, 7) is 1.79. The number of hydrogen-bond donors (Lipinski definition) is 1. The van der Waals surface area contributed by atoms with Crippen molar-refractivity contribution >= 4 is 16.8 Å². The van der Waals surface area contributed by atoms with Crippen LogP contribution < -0.4 is 0 Å². The van der Waals surface area contributed by atoms with Gasteiger partial charge in [0.2, 0.25) is 5.91 Å². The summed E-state index contributed by atoms with van der Waals surface area (Å²) in [6.07, 6.45) is 3.77. The molecule has 2 heterocycles. The molecule has 4 rings (SSSR count). The summed E-state index contributed by atoms with van der Waals surface area (Å²) < 4.78 is 7.82. The SMILES string of the molecule is O=C(Cn1ccc2ccccc21)N1CCOC2C[C@H](CO)C[C@@H]21. The molecular weight excluding hydrogens is 292 g/mol. The molecule has 1 aliphatic carbocycles. The van der Waals surface area contributed by atoms with Crippen molar-refractivity contribution < 1.29 is 14.6 Å². The Morgan fingerprint density at radius 2 is 2.13 bits per heavy atom. The largest absolute Gasteiger partial charge is 0.396 e. The second-order valence-electron chi connectivity index (χ2n) is 6.59. The Kier molecular flexibility index (Phi) is 3.83. The fourth-order valence-electron chi connectivity index (χ4n) is 4.02. The van der Waals surface area contributed by atoms with Gasteiger partial charge in [0.15, 0.2) is 0 Å². The van der Waals surface area contributed by atoms with Gasteiger partial charge < -0.3 is 19.3 Å². The average Bonchev–Trinajstić information content (AvgIpc) is 3.18. The average molecular weight is 314 g/mol. The van der Waals surface area contributed by atoms with Gasteiger partial charge in [0.05, 0.1) is 18.8 Å². The minimum atomic E-state index is 0.0891. The van der Waals surface area contributed by atoms with Crippen LogP contribution in [0.1, 0.15) is 12.8 Å². The number of hydrogen-bond acceptors (Lipinski definition) is 3. The van der Waals surface area contributed by atoms with E-state index in [0.29, 0.717) is 19.7 Å². The van der Waals surface area contributed by atoms with Crippen LogP contribution in [0.15, 0.2) is 36.5 Å². The molecule has 1 aromatic heterocycles. The van der Waals surface area contributed by atoms with Crippen molar-refractivity contribution in [3.63, 3.8) is 0 Å². The maximum atomic E-state index is 12.8. The van der Waals surface area contributed by atoms with E-state index in [-0.39, 0.29) is 30.6 Å². The highest BCUT2D eigenvalue weighted by molar-refractivity contribution is 5.83. The first-order chi connectivity index (χ1) is 11.3. The van der Waals surface area contributed by atoms with E-state index in [2.05, 4.69) is 6.07 Å². The van der Waals surface area contributed by atoms with E-state index in [4.69, 9.17) is 4.74 Å². The first-order valence-corrected chi connectivity index (χ1v) is 8.32. The van der Waals surface area contributed by atoms with E-state index >= 15 is 0 Å². The standard InChI is InChI=1S/C18H22N2O3/c21-12-13-9-16-17(10-13)23-8-7-20(16)18(22)11-19-6-5-14-3-1-2-4-15(14)19/h1-6,13,16-17,21H,7-12H2/t13-,16+,17?/m1/s1. The van der Waals surface area contributed by atoms with Crippen LogP contribution in [0.4, 0.5) is 0 Å². The van der Waals surface area contributed by atoms with Gasteiger partial charge in [-0.05, 0) is 36.3 Å². The lowest BCUT2D eigenvalue weighted by molar-refractivity contribution is -0.144. The molecule has 122 valence electrons. The van der Waals surface area contributed by atoms with Crippen LogP contribution in [-0.4, -0.2) is 52.4 Å². The van der Waals surface area contributed by atoms with Gasteiger partial charge in [-0.25, -0.2) is 0 Å². The summed E-state index contributed by atoms with van der Waals surface area (Å²) in [5, 5.41) is 10.6. The van der Waals surface area contributed by atoms with Crippen molar-refractivity contribution in [2.45, 2.75) is 31.5 Å². The highest BCUT2D eigenvalue weighted by Gasteiger charge is 2.42. The van der Waals surface area contributed by atoms with Gasteiger partial charge in [-0.15, -0.1) is 0 Å².